The maximum Gasteiger partial charge on any atom is 0.340 e. The average Bonchev–Trinajstić information content (AvgIpc) is 3.10. The molecule has 0 fully saturated rings. The number of rotatable bonds is 9. The molecule has 0 saturated carbocycles. The standard InChI is InChI=1S/C26H29NO7/c1-16-22(26(29)34-6)20(15-18-9-12-21(31-3)24(33-5)23(18)32-4)25(28)27(16)14-13-17-7-10-19(30-2)11-8-17/h7-12,15H,13-14H2,1-6H3/b20-15-. The highest BCUT2D eigenvalue weighted by molar-refractivity contribution is 6.16. The zero-order valence-electron chi connectivity index (χ0n) is 20.3. The third kappa shape index (κ3) is 4.71. The van der Waals surface area contributed by atoms with Gasteiger partial charge in [0.1, 0.15) is 5.75 Å². The number of esters is 1. The van der Waals surface area contributed by atoms with E-state index < -0.39 is 5.97 Å². The monoisotopic (exact) mass is 467 g/mol. The molecular weight excluding hydrogens is 438 g/mol. The molecule has 0 aromatic heterocycles. The zero-order chi connectivity index (χ0) is 24.8. The predicted molar refractivity (Wildman–Crippen MR) is 127 cm³/mol. The highest BCUT2D eigenvalue weighted by Gasteiger charge is 2.37. The predicted octanol–water partition coefficient (Wildman–Crippen LogP) is 3.64. The average molecular weight is 468 g/mol. The summed E-state index contributed by atoms with van der Waals surface area (Å²) in [4.78, 5) is 27.7. The van der Waals surface area contributed by atoms with E-state index in [0.29, 0.717) is 41.5 Å². The van der Waals surface area contributed by atoms with Crippen molar-refractivity contribution in [3.63, 3.8) is 0 Å². The second-order valence-electron chi connectivity index (χ2n) is 7.49. The molecule has 0 unspecified atom stereocenters. The van der Waals surface area contributed by atoms with Gasteiger partial charge in [0.25, 0.3) is 5.91 Å². The number of allylic oxidation sites excluding steroid dienone is 1. The van der Waals surface area contributed by atoms with Crippen molar-refractivity contribution in [2.75, 3.05) is 42.1 Å². The van der Waals surface area contributed by atoms with Crippen LogP contribution in [0.2, 0.25) is 0 Å². The number of hydrogen-bond acceptors (Lipinski definition) is 7. The lowest BCUT2D eigenvalue weighted by atomic mass is 10.0. The Morgan fingerprint density at radius 2 is 1.56 bits per heavy atom. The fourth-order valence-corrected chi connectivity index (χ4v) is 3.92. The molecule has 2 aromatic rings. The van der Waals surface area contributed by atoms with Crippen molar-refractivity contribution in [1.29, 1.82) is 0 Å². The Hall–Kier alpha value is -3.94. The van der Waals surface area contributed by atoms with Gasteiger partial charge in [0.05, 0.1) is 46.7 Å². The maximum absolute atomic E-state index is 13.4. The van der Waals surface area contributed by atoms with Crippen LogP contribution in [-0.2, 0) is 20.7 Å². The lowest BCUT2D eigenvalue weighted by molar-refractivity contribution is -0.136. The molecular formula is C26H29NO7. The van der Waals surface area contributed by atoms with Gasteiger partial charge in [-0.1, -0.05) is 12.1 Å². The van der Waals surface area contributed by atoms with E-state index in [0.717, 1.165) is 11.3 Å². The fourth-order valence-electron chi connectivity index (χ4n) is 3.92. The van der Waals surface area contributed by atoms with Crippen molar-refractivity contribution in [2.24, 2.45) is 0 Å². The summed E-state index contributed by atoms with van der Waals surface area (Å²) in [5.41, 5.74) is 2.59. The Balaban J connectivity index is 1.99. The van der Waals surface area contributed by atoms with Crippen molar-refractivity contribution in [3.05, 3.63) is 64.4 Å². The molecule has 1 amide bonds. The summed E-state index contributed by atoms with van der Waals surface area (Å²) in [5, 5.41) is 0. The van der Waals surface area contributed by atoms with E-state index in [9.17, 15) is 9.59 Å². The van der Waals surface area contributed by atoms with Crippen molar-refractivity contribution in [3.8, 4) is 23.0 Å². The molecule has 2 aromatic carbocycles. The van der Waals surface area contributed by atoms with Crippen molar-refractivity contribution < 1.29 is 33.3 Å². The first-order valence-electron chi connectivity index (χ1n) is 10.6. The molecule has 0 N–H and O–H groups in total. The van der Waals surface area contributed by atoms with E-state index in [1.54, 1.807) is 37.1 Å². The Morgan fingerprint density at radius 1 is 0.882 bits per heavy atom. The maximum atomic E-state index is 13.4. The molecule has 0 saturated heterocycles. The molecule has 34 heavy (non-hydrogen) atoms. The molecule has 0 bridgehead atoms. The number of nitrogens with zero attached hydrogens (tertiary/aromatic N) is 1. The number of carbonyl (C=O) groups excluding carboxylic acids is 2. The molecule has 0 spiro atoms. The van der Waals surface area contributed by atoms with Gasteiger partial charge in [0.2, 0.25) is 5.75 Å². The molecule has 0 aliphatic carbocycles. The Kier molecular flexibility index (Phi) is 7.83. The largest absolute Gasteiger partial charge is 0.497 e. The third-order valence-electron chi connectivity index (χ3n) is 5.72. The minimum Gasteiger partial charge on any atom is -0.497 e. The Bertz CT molecular complexity index is 1130. The molecule has 1 aliphatic rings. The fraction of sp³-hybridized carbons (Fsp3) is 0.308. The Morgan fingerprint density at radius 3 is 2.12 bits per heavy atom. The van der Waals surface area contributed by atoms with Crippen LogP contribution in [0.1, 0.15) is 18.1 Å². The summed E-state index contributed by atoms with van der Waals surface area (Å²) in [7, 11) is 7.43. The van der Waals surface area contributed by atoms with Gasteiger partial charge in [-0.05, 0) is 49.2 Å². The summed E-state index contributed by atoms with van der Waals surface area (Å²) in [5.74, 6) is 1.16. The first kappa shape index (κ1) is 24.7. The highest BCUT2D eigenvalue weighted by Crippen LogP contribution is 2.42. The van der Waals surface area contributed by atoms with E-state index in [4.69, 9.17) is 23.7 Å². The van der Waals surface area contributed by atoms with Crippen molar-refractivity contribution in [2.45, 2.75) is 13.3 Å². The lowest BCUT2D eigenvalue weighted by Crippen LogP contribution is -2.27. The summed E-state index contributed by atoms with van der Waals surface area (Å²) in [6, 6.07) is 11.1. The van der Waals surface area contributed by atoms with Crippen LogP contribution in [0.4, 0.5) is 0 Å². The van der Waals surface area contributed by atoms with Crippen molar-refractivity contribution in [1.82, 2.24) is 4.90 Å². The number of carbonyl (C=O) groups is 2. The lowest BCUT2D eigenvalue weighted by Gasteiger charge is -2.18. The number of ether oxygens (including phenoxy) is 5. The van der Waals surface area contributed by atoms with Gasteiger partial charge in [0, 0.05) is 17.8 Å². The molecule has 8 heteroatoms. The van der Waals surface area contributed by atoms with Gasteiger partial charge in [-0.3, -0.25) is 4.79 Å². The van der Waals surface area contributed by atoms with Crippen LogP contribution in [0.5, 0.6) is 23.0 Å². The quantitative estimate of drug-likeness (QED) is 0.411. The van der Waals surface area contributed by atoms with Crippen LogP contribution in [0.15, 0.2) is 53.2 Å². The van der Waals surface area contributed by atoms with Gasteiger partial charge in [-0.2, -0.15) is 0 Å². The van der Waals surface area contributed by atoms with Crippen LogP contribution in [0.25, 0.3) is 6.08 Å². The molecule has 8 nitrogen and oxygen atoms in total. The third-order valence-corrected chi connectivity index (χ3v) is 5.72. The smallest absolute Gasteiger partial charge is 0.340 e. The van der Waals surface area contributed by atoms with E-state index >= 15 is 0 Å². The van der Waals surface area contributed by atoms with Gasteiger partial charge < -0.3 is 28.6 Å². The van der Waals surface area contributed by atoms with Crippen molar-refractivity contribution >= 4 is 18.0 Å². The van der Waals surface area contributed by atoms with Crippen LogP contribution in [-0.4, -0.2) is 58.9 Å². The number of benzene rings is 2. The van der Waals surface area contributed by atoms with E-state index in [1.807, 2.05) is 24.3 Å². The Labute approximate surface area is 199 Å². The number of methoxy groups -OCH3 is 5. The minimum atomic E-state index is -0.580. The normalized spacial score (nSPS) is 14.5. The van der Waals surface area contributed by atoms with Gasteiger partial charge in [-0.15, -0.1) is 0 Å². The SMILES string of the molecule is COC(=O)C1=C(C)N(CCc2ccc(OC)cc2)C(=O)/C1=C\c1ccc(OC)c(OC)c1OC. The molecule has 3 rings (SSSR count). The summed E-state index contributed by atoms with van der Waals surface area (Å²) < 4.78 is 26.5. The summed E-state index contributed by atoms with van der Waals surface area (Å²) in [6.07, 6.45) is 2.22. The van der Waals surface area contributed by atoms with Crippen LogP contribution in [0.3, 0.4) is 0 Å². The van der Waals surface area contributed by atoms with E-state index in [-0.39, 0.29) is 17.1 Å². The second-order valence-corrected chi connectivity index (χ2v) is 7.49. The molecule has 0 atom stereocenters. The molecule has 180 valence electrons. The molecule has 1 aliphatic heterocycles. The first-order valence-corrected chi connectivity index (χ1v) is 10.6. The molecule has 0 radical (unpaired) electrons. The number of amides is 1. The van der Waals surface area contributed by atoms with Gasteiger partial charge >= 0.3 is 5.97 Å². The summed E-state index contributed by atoms with van der Waals surface area (Å²) >= 11 is 0. The minimum absolute atomic E-state index is 0.221. The van der Waals surface area contributed by atoms with E-state index in [1.165, 1.54) is 28.4 Å². The first-order chi connectivity index (χ1) is 16.4. The number of hydrogen-bond donors (Lipinski definition) is 0. The molecule has 1 heterocycles. The summed E-state index contributed by atoms with van der Waals surface area (Å²) in [6.45, 7) is 2.14. The highest BCUT2D eigenvalue weighted by atomic mass is 16.5. The van der Waals surface area contributed by atoms with Crippen LogP contribution in [0, 0.1) is 0 Å². The van der Waals surface area contributed by atoms with Gasteiger partial charge in [-0.25, -0.2) is 4.79 Å². The van der Waals surface area contributed by atoms with Gasteiger partial charge in [0.15, 0.2) is 11.5 Å². The van der Waals surface area contributed by atoms with Crippen LogP contribution < -0.4 is 18.9 Å². The second kappa shape index (κ2) is 10.8. The zero-order valence-corrected chi connectivity index (χ0v) is 20.3. The topological polar surface area (TPSA) is 83.5 Å². The van der Waals surface area contributed by atoms with Crippen LogP contribution >= 0.6 is 0 Å². The van der Waals surface area contributed by atoms with E-state index in [2.05, 4.69) is 0 Å².